The molecule has 32 heavy (non-hydrogen) atoms. The quantitative estimate of drug-likeness (QED) is 0.103. The SMILES string of the molecule is Cc1cccc(C(N)=S)c1.Cc1cccc(C(N)=S)c1.Fc1c(F)c(I)c(F)c(F)c1I. The summed E-state index contributed by atoms with van der Waals surface area (Å²) in [5.74, 6) is -5.39. The van der Waals surface area contributed by atoms with Gasteiger partial charge in [-0.05, 0) is 71.2 Å². The first-order valence-corrected chi connectivity index (χ1v) is 11.7. The number of hydrogen-bond donors (Lipinski definition) is 2. The van der Waals surface area contributed by atoms with Gasteiger partial charge in [-0.1, -0.05) is 72.0 Å². The number of hydrogen-bond acceptors (Lipinski definition) is 2. The molecule has 0 aromatic heterocycles. The Labute approximate surface area is 222 Å². The highest BCUT2D eigenvalue weighted by molar-refractivity contribution is 14.1. The zero-order chi connectivity index (χ0) is 24.6. The highest BCUT2D eigenvalue weighted by Gasteiger charge is 2.21. The minimum Gasteiger partial charge on any atom is -0.389 e. The molecule has 0 spiro atoms. The molecule has 0 saturated heterocycles. The van der Waals surface area contributed by atoms with Gasteiger partial charge in [0.05, 0.1) is 7.14 Å². The summed E-state index contributed by atoms with van der Waals surface area (Å²) < 4.78 is 49.2. The molecule has 0 bridgehead atoms. The van der Waals surface area contributed by atoms with E-state index in [2.05, 4.69) is 0 Å². The smallest absolute Gasteiger partial charge is 0.176 e. The van der Waals surface area contributed by atoms with Crippen LogP contribution in [-0.4, -0.2) is 9.98 Å². The Morgan fingerprint density at radius 1 is 0.656 bits per heavy atom. The third-order valence-corrected chi connectivity index (χ3v) is 6.13. The molecule has 0 saturated carbocycles. The minimum atomic E-state index is -1.35. The van der Waals surface area contributed by atoms with Crippen LogP contribution in [0.2, 0.25) is 0 Å². The van der Waals surface area contributed by atoms with E-state index in [9.17, 15) is 17.6 Å². The Balaban J connectivity index is 0.000000241. The zero-order valence-electron chi connectivity index (χ0n) is 16.9. The second-order valence-corrected chi connectivity index (χ2v) is 9.39. The maximum absolute atomic E-state index is 12.6. The van der Waals surface area contributed by atoms with Crippen molar-refractivity contribution in [3.05, 3.63) is 101 Å². The maximum atomic E-state index is 12.6. The number of rotatable bonds is 2. The van der Waals surface area contributed by atoms with Crippen LogP contribution in [0.15, 0.2) is 48.5 Å². The van der Waals surface area contributed by atoms with Crippen LogP contribution in [0.25, 0.3) is 0 Å². The summed E-state index contributed by atoms with van der Waals surface area (Å²) in [4.78, 5) is 0.924. The first-order chi connectivity index (χ1) is 14.9. The molecular formula is C22H18F4I2N2S2. The van der Waals surface area contributed by atoms with Gasteiger partial charge < -0.3 is 11.5 Å². The van der Waals surface area contributed by atoms with Gasteiger partial charge in [-0.25, -0.2) is 17.6 Å². The molecule has 4 N–H and O–H groups in total. The largest absolute Gasteiger partial charge is 0.389 e. The highest BCUT2D eigenvalue weighted by Crippen LogP contribution is 2.26. The van der Waals surface area contributed by atoms with E-state index in [-0.39, 0.29) is 0 Å². The fraction of sp³-hybridized carbons (Fsp3) is 0.0909. The molecule has 3 aromatic rings. The average molecular weight is 704 g/mol. The van der Waals surface area contributed by atoms with Crippen molar-refractivity contribution in [2.24, 2.45) is 11.5 Å². The van der Waals surface area contributed by atoms with Crippen molar-refractivity contribution in [1.82, 2.24) is 0 Å². The van der Waals surface area contributed by atoms with Crippen molar-refractivity contribution in [1.29, 1.82) is 0 Å². The zero-order valence-corrected chi connectivity index (χ0v) is 22.8. The van der Waals surface area contributed by atoms with Gasteiger partial charge >= 0.3 is 0 Å². The van der Waals surface area contributed by atoms with Gasteiger partial charge in [-0.2, -0.15) is 0 Å². The maximum Gasteiger partial charge on any atom is 0.176 e. The van der Waals surface area contributed by atoms with Crippen molar-refractivity contribution in [3.8, 4) is 0 Å². The predicted octanol–water partition coefficient (Wildman–Crippen LogP) is 6.71. The topological polar surface area (TPSA) is 52.0 Å². The standard InChI is InChI=1S/2C8H9NS.C6F4I2/c2*1-6-3-2-4-7(5-6)8(9)10;7-1-2(8)6(12)4(10)3(9)5(1)11/h2*2-5H,1H3,(H2,9,10);. The average Bonchev–Trinajstić information content (AvgIpc) is 2.76. The molecule has 0 atom stereocenters. The molecule has 0 aliphatic heterocycles. The van der Waals surface area contributed by atoms with Crippen LogP contribution in [0.3, 0.4) is 0 Å². The van der Waals surface area contributed by atoms with Crippen LogP contribution >= 0.6 is 69.6 Å². The Morgan fingerprint density at radius 3 is 1.12 bits per heavy atom. The molecule has 0 amide bonds. The van der Waals surface area contributed by atoms with Crippen molar-refractivity contribution in [2.45, 2.75) is 13.8 Å². The second-order valence-electron chi connectivity index (χ2n) is 6.35. The second kappa shape index (κ2) is 13.4. The van der Waals surface area contributed by atoms with Gasteiger partial charge in [0.1, 0.15) is 9.98 Å². The predicted molar refractivity (Wildman–Crippen MR) is 146 cm³/mol. The summed E-state index contributed by atoms with van der Waals surface area (Å²) >= 11 is 12.0. The highest BCUT2D eigenvalue weighted by atomic mass is 127. The number of thiocarbonyl (C=S) groups is 2. The summed E-state index contributed by atoms with van der Waals surface area (Å²) in [6.07, 6.45) is 0. The number of nitrogens with two attached hydrogens (primary N) is 2. The van der Waals surface area contributed by atoms with E-state index in [0.29, 0.717) is 9.98 Å². The van der Waals surface area contributed by atoms with Gasteiger partial charge in [0.15, 0.2) is 23.3 Å². The lowest BCUT2D eigenvalue weighted by molar-refractivity contribution is 0.437. The Morgan fingerprint density at radius 2 is 0.938 bits per heavy atom. The fourth-order valence-corrected chi connectivity index (χ4v) is 3.38. The Bertz CT molecular complexity index is 980. The van der Waals surface area contributed by atoms with Crippen molar-refractivity contribution in [2.75, 3.05) is 0 Å². The lowest BCUT2D eigenvalue weighted by Crippen LogP contribution is -2.08. The summed E-state index contributed by atoms with van der Waals surface area (Å²) in [7, 11) is 0. The van der Waals surface area contributed by atoms with E-state index < -0.39 is 30.4 Å². The molecule has 0 aliphatic carbocycles. The number of aryl methyl sites for hydroxylation is 2. The van der Waals surface area contributed by atoms with E-state index >= 15 is 0 Å². The first-order valence-electron chi connectivity index (χ1n) is 8.76. The van der Waals surface area contributed by atoms with E-state index in [0.717, 1.165) is 11.1 Å². The lowest BCUT2D eigenvalue weighted by Gasteiger charge is -2.02. The van der Waals surface area contributed by atoms with E-state index in [1.54, 1.807) is 0 Å². The van der Waals surface area contributed by atoms with Gasteiger partial charge in [0, 0.05) is 11.1 Å². The molecule has 0 radical (unpaired) electrons. The van der Waals surface area contributed by atoms with Crippen molar-refractivity contribution in [3.63, 3.8) is 0 Å². The first kappa shape index (κ1) is 28.7. The minimum absolute atomic E-state index is 0.462. The van der Waals surface area contributed by atoms with Crippen LogP contribution in [0, 0.1) is 44.3 Å². The molecular weight excluding hydrogens is 686 g/mol. The molecule has 10 heteroatoms. The molecule has 3 rings (SSSR count). The van der Waals surface area contributed by atoms with Crippen molar-refractivity contribution < 1.29 is 17.6 Å². The summed E-state index contributed by atoms with van der Waals surface area (Å²) in [6, 6.07) is 15.7. The molecule has 0 fully saturated rings. The lowest BCUT2D eigenvalue weighted by atomic mass is 10.1. The van der Waals surface area contributed by atoms with E-state index in [1.807, 2.05) is 62.4 Å². The molecule has 170 valence electrons. The van der Waals surface area contributed by atoms with Crippen molar-refractivity contribution >= 4 is 79.6 Å². The van der Waals surface area contributed by atoms with Gasteiger partial charge in [0.25, 0.3) is 0 Å². The number of benzene rings is 3. The van der Waals surface area contributed by atoms with Crippen LogP contribution < -0.4 is 11.5 Å². The fourth-order valence-electron chi connectivity index (χ4n) is 2.17. The summed E-state index contributed by atoms with van der Waals surface area (Å²) in [5, 5.41) is 0. The summed E-state index contributed by atoms with van der Waals surface area (Å²) in [5.41, 5.74) is 15.1. The summed E-state index contributed by atoms with van der Waals surface area (Å²) in [6.45, 7) is 4.03. The molecule has 3 aromatic carbocycles. The van der Waals surface area contributed by atoms with Crippen LogP contribution in [0.4, 0.5) is 17.6 Å². The molecule has 0 heterocycles. The van der Waals surface area contributed by atoms with Gasteiger partial charge in [0.2, 0.25) is 0 Å². The van der Waals surface area contributed by atoms with Crippen LogP contribution in [0.5, 0.6) is 0 Å². The Hall–Kier alpha value is -1.38. The van der Waals surface area contributed by atoms with Crippen LogP contribution in [0.1, 0.15) is 22.3 Å². The van der Waals surface area contributed by atoms with Gasteiger partial charge in [-0.3, -0.25) is 0 Å². The molecule has 0 unspecified atom stereocenters. The van der Waals surface area contributed by atoms with E-state index in [1.165, 1.54) is 56.3 Å². The van der Waals surface area contributed by atoms with Crippen LogP contribution in [-0.2, 0) is 0 Å². The monoisotopic (exact) mass is 704 g/mol. The molecule has 2 nitrogen and oxygen atoms in total. The van der Waals surface area contributed by atoms with Gasteiger partial charge in [-0.15, -0.1) is 0 Å². The number of halogens is 6. The molecule has 0 aliphatic rings. The van der Waals surface area contributed by atoms with E-state index in [4.69, 9.17) is 35.9 Å². The third kappa shape index (κ3) is 8.52. The Kier molecular flexibility index (Phi) is 12.0. The third-order valence-electron chi connectivity index (χ3n) is 3.76. The normalized spacial score (nSPS) is 9.75.